The summed E-state index contributed by atoms with van der Waals surface area (Å²) in [6, 6.07) is 15.0. The Hall–Kier alpha value is -1.97. The van der Waals surface area contributed by atoms with Crippen LogP contribution in [0.1, 0.15) is 27.8 Å². The standard InChI is InChI=1S/C14H11O3/c15-13(10-6-2-1-3-7-10)11-8-4-5-9-12(11)14(16)17/h1-9,14,16H/q-1. The van der Waals surface area contributed by atoms with Gasteiger partial charge >= 0.3 is 0 Å². The van der Waals surface area contributed by atoms with Gasteiger partial charge in [-0.15, -0.1) is 0 Å². The van der Waals surface area contributed by atoms with Crippen LogP contribution < -0.4 is 5.11 Å². The minimum Gasteiger partial charge on any atom is -0.828 e. The van der Waals surface area contributed by atoms with Gasteiger partial charge in [0, 0.05) is 17.4 Å². The molecule has 3 nitrogen and oxygen atoms in total. The number of aliphatic hydroxyl groups is 1. The summed E-state index contributed by atoms with van der Waals surface area (Å²) in [6.07, 6.45) is -1.89. The summed E-state index contributed by atoms with van der Waals surface area (Å²) < 4.78 is 0. The maximum atomic E-state index is 12.1. The molecule has 0 fully saturated rings. The van der Waals surface area contributed by atoms with Gasteiger partial charge in [-0.1, -0.05) is 54.6 Å². The van der Waals surface area contributed by atoms with Gasteiger partial charge in [0.15, 0.2) is 5.78 Å². The minimum atomic E-state index is -1.89. The molecule has 0 radical (unpaired) electrons. The summed E-state index contributed by atoms with van der Waals surface area (Å²) in [5.74, 6) is -0.254. The molecule has 0 aliphatic heterocycles. The largest absolute Gasteiger partial charge is 0.828 e. The molecule has 2 rings (SSSR count). The average molecular weight is 227 g/mol. The summed E-state index contributed by atoms with van der Waals surface area (Å²) >= 11 is 0. The molecule has 3 heteroatoms. The quantitative estimate of drug-likeness (QED) is 0.634. The van der Waals surface area contributed by atoms with Crippen molar-refractivity contribution >= 4 is 5.78 Å². The number of rotatable bonds is 3. The Kier molecular flexibility index (Phi) is 3.32. The van der Waals surface area contributed by atoms with Gasteiger partial charge in [-0.25, -0.2) is 0 Å². The normalized spacial score (nSPS) is 12.1. The summed E-state index contributed by atoms with van der Waals surface area (Å²) in [4.78, 5) is 12.1. The molecule has 0 amide bonds. The van der Waals surface area contributed by atoms with Gasteiger partial charge in [0.1, 0.15) is 0 Å². The second-order valence-electron chi connectivity index (χ2n) is 3.63. The molecular formula is C14H11O3-. The summed E-state index contributed by atoms with van der Waals surface area (Å²) in [5.41, 5.74) is 0.864. The first kappa shape index (κ1) is 11.5. The lowest BCUT2D eigenvalue weighted by molar-refractivity contribution is -0.490. The van der Waals surface area contributed by atoms with Gasteiger partial charge in [-0.05, 0) is 5.56 Å². The zero-order valence-electron chi connectivity index (χ0n) is 9.04. The van der Waals surface area contributed by atoms with Crippen LogP contribution in [-0.2, 0) is 0 Å². The molecule has 2 aromatic rings. The lowest BCUT2D eigenvalue weighted by atomic mass is 9.98. The van der Waals surface area contributed by atoms with Crippen LogP contribution in [0.2, 0.25) is 0 Å². The fourth-order valence-electron chi connectivity index (χ4n) is 1.66. The smallest absolute Gasteiger partial charge is 0.193 e. The Labute approximate surface area is 99.0 Å². The van der Waals surface area contributed by atoms with Gasteiger partial charge < -0.3 is 10.2 Å². The third kappa shape index (κ3) is 2.41. The van der Waals surface area contributed by atoms with Crippen molar-refractivity contribution in [3.8, 4) is 0 Å². The molecule has 0 aliphatic rings. The molecule has 0 aliphatic carbocycles. The summed E-state index contributed by atoms with van der Waals surface area (Å²) in [5, 5.41) is 20.2. The van der Waals surface area contributed by atoms with Crippen molar-refractivity contribution in [1.82, 2.24) is 0 Å². The summed E-state index contributed by atoms with van der Waals surface area (Å²) in [7, 11) is 0. The van der Waals surface area contributed by atoms with Crippen molar-refractivity contribution in [1.29, 1.82) is 0 Å². The third-order valence-corrected chi connectivity index (χ3v) is 2.51. The second kappa shape index (κ2) is 4.91. The molecule has 0 saturated heterocycles. The Balaban J connectivity index is 2.45. The van der Waals surface area contributed by atoms with Crippen LogP contribution in [0.25, 0.3) is 0 Å². The molecule has 0 heterocycles. The van der Waals surface area contributed by atoms with Crippen LogP contribution in [-0.4, -0.2) is 10.9 Å². The zero-order chi connectivity index (χ0) is 12.3. The molecule has 1 atom stereocenters. The average Bonchev–Trinajstić information content (AvgIpc) is 2.39. The molecule has 1 unspecified atom stereocenters. The van der Waals surface area contributed by atoms with Crippen LogP contribution in [0.3, 0.4) is 0 Å². The SMILES string of the molecule is O=C(c1ccccc1)c1ccccc1C([O-])O. The molecule has 0 saturated carbocycles. The topological polar surface area (TPSA) is 60.4 Å². The number of ketones is 1. The van der Waals surface area contributed by atoms with Crippen molar-refractivity contribution in [2.24, 2.45) is 0 Å². The van der Waals surface area contributed by atoms with E-state index in [0.717, 1.165) is 0 Å². The first-order valence-corrected chi connectivity index (χ1v) is 5.22. The van der Waals surface area contributed by atoms with E-state index in [1.54, 1.807) is 42.5 Å². The highest BCUT2D eigenvalue weighted by Gasteiger charge is 2.13. The predicted molar refractivity (Wildman–Crippen MR) is 61.3 cm³/mol. The molecule has 86 valence electrons. The van der Waals surface area contributed by atoms with Crippen molar-refractivity contribution in [2.75, 3.05) is 0 Å². The van der Waals surface area contributed by atoms with Crippen LogP contribution in [0, 0.1) is 0 Å². The van der Waals surface area contributed by atoms with Crippen LogP contribution >= 0.6 is 0 Å². The van der Waals surface area contributed by atoms with Gasteiger partial charge in [0.25, 0.3) is 0 Å². The first-order valence-electron chi connectivity index (χ1n) is 5.22. The number of benzene rings is 2. The van der Waals surface area contributed by atoms with E-state index in [9.17, 15) is 9.90 Å². The highest BCUT2D eigenvalue weighted by Crippen LogP contribution is 2.17. The van der Waals surface area contributed by atoms with E-state index in [1.165, 1.54) is 6.07 Å². The molecule has 1 N–H and O–H groups in total. The Bertz CT molecular complexity index is 518. The van der Waals surface area contributed by atoms with Gasteiger partial charge in [-0.3, -0.25) is 4.79 Å². The van der Waals surface area contributed by atoms with E-state index < -0.39 is 6.29 Å². The third-order valence-electron chi connectivity index (χ3n) is 2.51. The number of carbonyl (C=O) groups excluding carboxylic acids is 1. The monoisotopic (exact) mass is 227 g/mol. The maximum absolute atomic E-state index is 12.1. The van der Waals surface area contributed by atoms with E-state index in [1.807, 2.05) is 6.07 Å². The maximum Gasteiger partial charge on any atom is 0.193 e. The predicted octanol–water partition coefficient (Wildman–Crippen LogP) is 1.27. The van der Waals surface area contributed by atoms with Crippen molar-refractivity contribution in [2.45, 2.75) is 6.29 Å². The van der Waals surface area contributed by atoms with E-state index in [4.69, 9.17) is 5.11 Å². The first-order chi connectivity index (χ1) is 8.20. The molecular weight excluding hydrogens is 216 g/mol. The Morgan fingerprint density at radius 1 is 1.00 bits per heavy atom. The lowest BCUT2D eigenvalue weighted by Gasteiger charge is -2.18. The summed E-state index contributed by atoms with van der Waals surface area (Å²) in [6.45, 7) is 0. The van der Waals surface area contributed by atoms with E-state index >= 15 is 0 Å². The Morgan fingerprint density at radius 2 is 1.59 bits per heavy atom. The van der Waals surface area contributed by atoms with Crippen LogP contribution in [0.5, 0.6) is 0 Å². The number of carbonyl (C=O) groups is 1. The number of hydrogen-bond acceptors (Lipinski definition) is 3. The number of aliphatic hydroxyl groups excluding tert-OH is 1. The lowest BCUT2D eigenvalue weighted by Crippen LogP contribution is -2.18. The molecule has 0 bridgehead atoms. The van der Waals surface area contributed by atoms with Crippen molar-refractivity contribution in [3.05, 3.63) is 71.3 Å². The van der Waals surface area contributed by atoms with Crippen LogP contribution in [0.4, 0.5) is 0 Å². The minimum absolute atomic E-state index is 0.112. The van der Waals surface area contributed by atoms with E-state index in [2.05, 4.69) is 0 Å². The zero-order valence-corrected chi connectivity index (χ0v) is 9.04. The molecule has 17 heavy (non-hydrogen) atoms. The van der Waals surface area contributed by atoms with E-state index in [-0.39, 0.29) is 16.9 Å². The second-order valence-corrected chi connectivity index (χ2v) is 3.63. The molecule has 0 aromatic heterocycles. The highest BCUT2D eigenvalue weighted by molar-refractivity contribution is 6.09. The van der Waals surface area contributed by atoms with E-state index in [0.29, 0.717) is 5.56 Å². The van der Waals surface area contributed by atoms with Gasteiger partial charge in [0.2, 0.25) is 0 Å². The van der Waals surface area contributed by atoms with Crippen molar-refractivity contribution < 1.29 is 15.0 Å². The fourth-order valence-corrected chi connectivity index (χ4v) is 1.66. The highest BCUT2D eigenvalue weighted by atomic mass is 16.5. The van der Waals surface area contributed by atoms with Crippen molar-refractivity contribution in [3.63, 3.8) is 0 Å². The fraction of sp³-hybridized carbons (Fsp3) is 0.0714. The Morgan fingerprint density at radius 3 is 2.24 bits per heavy atom. The van der Waals surface area contributed by atoms with Crippen LogP contribution in [0.15, 0.2) is 54.6 Å². The molecule has 2 aromatic carbocycles. The number of hydrogen-bond donors (Lipinski definition) is 1. The molecule has 0 spiro atoms. The van der Waals surface area contributed by atoms with Gasteiger partial charge in [-0.2, -0.15) is 0 Å². The van der Waals surface area contributed by atoms with Gasteiger partial charge in [0.05, 0.1) is 0 Å².